The second-order valence-corrected chi connectivity index (χ2v) is 2.90. The first-order chi connectivity index (χ1) is 6.20. The van der Waals surface area contributed by atoms with Crippen LogP contribution in [0.15, 0.2) is 12.5 Å². The molecular weight excluding hydrogens is 168 g/mol. The van der Waals surface area contributed by atoms with Crippen LogP contribution < -0.4 is 5.73 Å². The molecule has 2 rings (SSSR count). The molecule has 0 saturated carbocycles. The predicted molar refractivity (Wildman–Crippen MR) is 48.9 cm³/mol. The fourth-order valence-corrected chi connectivity index (χ4v) is 1.34. The topological polar surface area (TPSA) is 87.8 Å². The number of nitrogens with two attached hydrogens (primary N) is 1. The van der Waals surface area contributed by atoms with E-state index in [1.165, 1.54) is 6.33 Å². The Morgan fingerprint density at radius 2 is 2.31 bits per heavy atom. The molecular formula is C8H10N4O. The van der Waals surface area contributed by atoms with Crippen LogP contribution in [0, 0.1) is 0 Å². The van der Waals surface area contributed by atoms with Crippen molar-refractivity contribution < 1.29 is 5.11 Å². The maximum absolute atomic E-state index is 9.40. The van der Waals surface area contributed by atoms with Crippen molar-refractivity contribution >= 4 is 16.9 Å². The molecule has 1 atom stereocenters. The summed E-state index contributed by atoms with van der Waals surface area (Å²) in [6.07, 6.45) is 2.52. The average molecular weight is 178 g/mol. The minimum absolute atomic E-state index is 0.391. The van der Waals surface area contributed by atoms with Crippen LogP contribution in [0.2, 0.25) is 0 Å². The van der Waals surface area contributed by atoms with Gasteiger partial charge in [0.05, 0.1) is 11.5 Å². The third kappa shape index (κ3) is 1.13. The zero-order valence-electron chi connectivity index (χ0n) is 7.15. The SMILES string of the molecule is CC(O)c1c[nH]c2ncnc(N)c12. The smallest absolute Gasteiger partial charge is 0.143 e. The lowest BCUT2D eigenvalue weighted by atomic mass is 10.1. The van der Waals surface area contributed by atoms with Crippen molar-refractivity contribution in [2.45, 2.75) is 13.0 Å². The normalized spacial score (nSPS) is 13.4. The van der Waals surface area contributed by atoms with Gasteiger partial charge in [0.25, 0.3) is 0 Å². The van der Waals surface area contributed by atoms with Crippen molar-refractivity contribution in [2.75, 3.05) is 5.73 Å². The number of H-pyrrole nitrogens is 1. The number of aromatic amines is 1. The van der Waals surface area contributed by atoms with Crippen LogP contribution in [-0.2, 0) is 0 Å². The summed E-state index contributed by atoms with van der Waals surface area (Å²) in [6.45, 7) is 1.68. The highest BCUT2D eigenvalue weighted by molar-refractivity contribution is 5.89. The number of nitrogens with one attached hydrogen (secondary N) is 1. The summed E-state index contributed by atoms with van der Waals surface area (Å²) in [5.74, 6) is 0.391. The van der Waals surface area contributed by atoms with E-state index in [9.17, 15) is 5.11 Å². The van der Waals surface area contributed by atoms with E-state index in [0.29, 0.717) is 16.9 Å². The number of aromatic nitrogens is 3. The Labute approximate surface area is 74.6 Å². The van der Waals surface area contributed by atoms with Gasteiger partial charge in [0.2, 0.25) is 0 Å². The van der Waals surface area contributed by atoms with E-state index in [-0.39, 0.29) is 0 Å². The van der Waals surface area contributed by atoms with Crippen molar-refractivity contribution in [1.29, 1.82) is 0 Å². The summed E-state index contributed by atoms with van der Waals surface area (Å²) >= 11 is 0. The number of nitrogen functional groups attached to an aromatic ring is 1. The van der Waals surface area contributed by atoms with Gasteiger partial charge in [-0.3, -0.25) is 0 Å². The number of rotatable bonds is 1. The van der Waals surface area contributed by atoms with Gasteiger partial charge < -0.3 is 15.8 Å². The quantitative estimate of drug-likeness (QED) is 0.596. The fraction of sp³-hybridized carbons (Fsp3) is 0.250. The largest absolute Gasteiger partial charge is 0.389 e. The van der Waals surface area contributed by atoms with Crippen LogP contribution in [0.5, 0.6) is 0 Å². The van der Waals surface area contributed by atoms with Crippen LogP contribution in [0.1, 0.15) is 18.6 Å². The molecule has 0 saturated heterocycles. The van der Waals surface area contributed by atoms with Gasteiger partial charge >= 0.3 is 0 Å². The van der Waals surface area contributed by atoms with E-state index in [0.717, 1.165) is 5.56 Å². The van der Waals surface area contributed by atoms with E-state index < -0.39 is 6.10 Å². The highest BCUT2D eigenvalue weighted by Crippen LogP contribution is 2.25. The second kappa shape index (κ2) is 2.70. The zero-order chi connectivity index (χ0) is 9.42. The van der Waals surface area contributed by atoms with Gasteiger partial charge in [-0.15, -0.1) is 0 Å². The van der Waals surface area contributed by atoms with E-state index in [2.05, 4.69) is 15.0 Å². The second-order valence-electron chi connectivity index (χ2n) is 2.90. The minimum Gasteiger partial charge on any atom is -0.389 e. The number of hydrogen-bond donors (Lipinski definition) is 3. The van der Waals surface area contributed by atoms with Crippen molar-refractivity contribution in [3.05, 3.63) is 18.1 Å². The molecule has 1 unspecified atom stereocenters. The summed E-state index contributed by atoms with van der Waals surface area (Å²) < 4.78 is 0. The van der Waals surface area contributed by atoms with E-state index >= 15 is 0 Å². The monoisotopic (exact) mass is 178 g/mol. The summed E-state index contributed by atoms with van der Waals surface area (Å²) in [4.78, 5) is 10.8. The van der Waals surface area contributed by atoms with Crippen LogP contribution in [-0.4, -0.2) is 20.1 Å². The van der Waals surface area contributed by atoms with Gasteiger partial charge in [-0.25, -0.2) is 9.97 Å². The summed E-state index contributed by atoms with van der Waals surface area (Å²) in [6, 6.07) is 0. The molecule has 0 spiro atoms. The maximum Gasteiger partial charge on any atom is 0.143 e. The van der Waals surface area contributed by atoms with Gasteiger partial charge in [0.1, 0.15) is 17.8 Å². The Kier molecular flexibility index (Phi) is 1.66. The predicted octanol–water partition coefficient (Wildman–Crippen LogP) is 0.593. The van der Waals surface area contributed by atoms with Crippen molar-refractivity contribution in [3.8, 4) is 0 Å². The highest BCUT2D eigenvalue weighted by atomic mass is 16.3. The van der Waals surface area contributed by atoms with Crippen LogP contribution in [0.25, 0.3) is 11.0 Å². The Balaban J connectivity index is 2.79. The Morgan fingerprint density at radius 1 is 1.54 bits per heavy atom. The molecule has 13 heavy (non-hydrogen) atoms. The van der Waals surface area contributed by atoms with Crippen LogP contribution in [0.3, 0.4) is 0 Å². The van der Waals surface area contributed by atoms with Crippen LogP contribution >= 0.6 is 0 Å². The Morgan fingerprint density at radius 3 is 3.00 bits per heavy atom. The lowest BCUT2D eigenvalue weighted by molar-refractivity contribution is 0.201. The standard InChI is InChI=1S/C8H10N4O/c1-4(13)5-2-10-8-6(5)7(9)11-3-12-8/h2-4,13H,1H3,(H3,9,10,11,12). The fourth-order valence-electron chi connectivity index (χ4n) is 1.34. The molecule has 68 valence electrons. The molecule has 0 bridgehead atoms. The maximum atomic E-state index is 9.40. The molecule has 4 N–H and O–H groups in total. The molecule has 0 aliphatic rings. The van der Waals surface area contributed by atoms with Crippen LogP contribution in [0.4, 0.5) is 5.82 Å². The first-order valence-corrected chi connectivity index (χ1v) is 3.95. The molecule has 0 aliphatic carbocycles. The zero-order valence-corrected chi connectivity index (χ0v) is 7.15. The van der Waals surface area contributed by atoms with Gasteiger partial charge in [0.15, 0.2) is 0 Å². The summed E-state index contributed by atoms with van der Waals surface area (Å²) in [7, 11) is 0. The Hall–Kier alpha value is -1.62. The number of hydrogen-bond acceptors (Lipinski definition) is 4. The lowest BCUT2D eigenvalue weighted by Crippen LogP contribution is -1.95. The number of aliphatic hydroxyl groups is 1. The molecule has 5 nitrogen and oxygen atoms in total. The van der Waals surface area contributed by atoms with Gasteiger partial charge in [-0.05, 0) is 6.92 Å². The molecule has 0 amide bonds. The number of anilines is 1. The molecule has 0 radical (unpaired) electrons. The molecule has 0 aromatic carbocycles. The molecule has 5 heteroatoms. The number of nitrogens with zero attached hydrogens (tertiary/aromatic N) is 2. The molecule has 2 aromatic heterocycles. The number of aliphatic hydroxyl groups excluding tert-OH is 1. The highest BCUT2D eigenvalue weighted by Gasteiger charge is 2.11. The first kappa shape index (κ1) is 8.00. The Bertz CT molecular complexity index is 435. The van der Waals surface area contributed by atoms with E-state index in [1.807, 2.05) is 0 Å². The minimum atomic E-state index is -0.568. The van der Waals surface area contributed by atoms with Crippen molar-refractivity contribution in [2.24, 2.45) is 0 Å². The first-order valence-electron chi connectivity index (χ1n) is 3.95. The van der Waals surface area contributed by atoms with E-state index in [4.69, 9.17) is 5.73 Å². The number of fused-ring (bicyclic) bond motifs is 1. The summed E-state index contributed by atoms with van der Waals surface area (Å²) in [5, 5.41) is 10.1. The van der Waals surface area contributed by atoms with Gasteiger partial charge in [0, 0.05) is 11.8 Å². The molecule has 2 aromatic rings. The molecule has 0 aliphatic heterocycles. The summed E-state index contributed by atoms with van der Waals surface area (Å²) in [5.41, 5.74) is 7.04. The molecule has 2 heterocycles. The third-order valence-corrected chi connectivity index (χ3v) is 1.98. The lowest BCUT2D eigenvalue weighted by Gasteiger charge is -2.02. The van der Waals surface area contributed by atoms with Gasteiger partial charge in [-0.1, -0.05) is 0 Å². The molecule has 0 fully saturated rings. The van der Waals surface area contributed by atoms with Crippen molar-refractivity contribution in [3.63, 3.8) is 0 Å². The van der Waals surface area contributed by atoms with E-state index in [1.54, 1.807) is 13.1 Å². The third-order valence-electron chi connectivity index (χ3n) is 1.98. The van der Waals surface area contributed by atoms with Gasteiger partial charge in [-0.2, -0.15) is 0 Å². The average Bonchev–Trinajstić information content (AvgIpc) is 2.49. The van der Waals surface area contributed by atoms with Crippen molar-refractivity contribution in [1.82, 2.24) is 15.0 Å².